The zero-order valence-electron chi connectivity index (χ0n) is 18.6. The molecule has 4 rings (SSSR count). The van der Waals surface area contributed by atoms with E-state index < -0.39 is 29.2 Å². The molecule has 1 fully saturated rings. The van der Waals surface area contributed by atoms with Crippen molar-refractivity contribution in [2.75, 3.05) is 36.8 Å². The molecule has 2 aromatic rings. The van der Waals surface area contributed by atoms with Crippen molar-refractivity contribution in [2.24, 2.45) is 5.16 Å². The van der Waals surface area contributed by atoms with E-state index in [-0.39, 0.29) is 22.2 Å². The van der Waals surface area contributed by atoms with E-state index in [1.807, 2.05) is 24.5 Å². The van der Waals surface area contributed by atoms with Gasteiger partial charge in [0.15, 0.2) is 10.8 Å². The number of carboxylic acids is 1. The third-order valence-electron chi connectivity index (χ3n) is 5.17. The molecule has 35 heavy (non-hydrogen) atoms. The topological polar surface area (TPSA) is 163 Å². The second kappa shape index (κ2) is 10.5. The number of carboxylic acid groups (broad SMARTS) is 1. The first-order chi connectivity index (χ1) is 16.8. The monoisotopic (exact) mass is 536 g/mol. The standard InChI is InChI=1S/C20H21N7O5S3/c1-22-26-5-3-11(4-6-26)33-7-10-8-34-18-14(17(29)27(18)15(10)19(30)31)24-16(28)13(25-32-2)12-9-35-20(21)23-12/h3-6,9,14,18,22H,7-8H2,1-2H3,(H3-,21,23,24,28,30,31)/p+1/b25-13-/t14-,18-/m1/s1. The zero-order valence-corrected chi connectivity index (χ0v) is 21.1. The number of thioether (sulfide) groups is 2. The molecule has 4 heterocycles. The summed E-state index contributed by atoms with van der Waals surface area (Å²) in [5, 5.41) is 17.5. The van der Waals surface area contributed by atoms with Crippen LogP contribution in [-0.4, -0.2) is 75.6 Å². The van der Waals surface area contributed by atoms with E-state index in [4.69, 9.17) is 10.6 Å². The highest BCUT2D eigenvalue weighted by molar-refractivity contribution is 8.01. The molecule has 0 radical (unpaired) electrons. The Morgan fingerprint density at radius 3 is 2.77 bits per heavy atom. The third-order valence-corrected chi connectivity index (χ3v) is 8.28. The minimum absolute atomic E-state index is 0.0315. The van der Waals surface area contributed by atoms with E-state index >= 15 is 0 Å². The van der Waals surface area contributed by atoms with Crippen molar-refractivity contribution in [3.8, 4) is 0 Å². The van der Waals surface area contributed by atoms with Crippen LogP contribution in [0.25, 0.3) is 0 Å². The summed E-state index contributed by atoms with van der Waals surface area (Å²) < 4.78 is 1.78. The summed E-state index contributed by atoms with van der Waals surface area (Å²) in [6, 6.07) is 2.92. The van der Waals surface area contributed by atoms with Crippen LogP contribution in [0, 0.1) is 0 Å². The molecule has 2 aliphatic heterocycles. The van der Waals surface area contributed by atoms with Gasteiger partial charge in [0, 0.05) is 33.9 Å². The van der Waals surface area contributed by atoms with Gasteiger partial charge in [-0.3, -0.25) is 14.5 Å². The highest BCUT2D eigenvalue weighted by Crippen LogP contribution is 2.41. The number of carbonyl (C=O) groups excluding carboxylic acids is 2. The first-order valence-corrected chi connectivity index (χ1v) is 13.1. The third kappa shape index (κ3) is 5.06. The largest absolute Gasteiger partial charge is 0.477 e. The van der Waals surface area contributed by atoms with Crippen LogP contribution in [0.4, 0.5) is 5.13 Å². The number of hydrogen-bond donors (Lipinski definition) is 4. The van der Waals surface area contributed by atoms with Gasteiger partial charge in [-0.2, -0.15) is 5.43 Å². The fourth-order valence-corrected chi connectivity index (χ4v) is 6.44. The van der Waals surface area contributed by atoms with Crippen molar-refractivity contribution in [2.45, 2.75) is 16.3 Å². The van der Waals surface area contributed by atoms with Gasteiger partial charge in [-0.15, -0.1) is 34.9 Å². The van der Waals surface area contributed by atoms with E-state index in [1.165, 1.54) is 35.5 Å². The van der Waals surface area contributed by atoms with Crippen molar-refractivity contribution in [3.63, 3.8) is 0 Å². The summed E-state index contributed by atoms with van der Waals surface area (Å²) >= 11 is 4.02. The van der Waals surface area contributed by atoms with Gasteiger partial charge in [0.2, 0.25) is 12.4 Å². The molecule has 2 aromatic heterocycles. The lowest BCUT2D eigenvalue weighted by atomic mass is 10.0. The smallest absolute Gasteiger partial charge is 0.352 e. The predicted octanol–water partition coefficient (Wildman–Crippen LogP) is 0.0675. The number of nitrogen functional groups attached to an aromatic ring is 1. The van der Waals surface area contributed by atoms with Crippen molar-refractivity contribution in [1.29, 1.82) is 0 Å². The van der Waals surface area contributed by atoms with Crippen LogP contribution >= 0.6 is 34.9 Å². The molecule has 12 nitrogen and oxygen atoms in total. The maximum absolute atomic E-state index is 12.9. The molecule has 0 unspecified atom stereocenters. The van der Waals surface area contributed by atoms with Crippen LogP contribution in [0.3, 0.4) is 0 Å². The quantitative estimate of drug-likeness (QED) is 0.113. The van der Waals surface area contributed by atoms with E-state index in [2.05, 4.69) is 20.9 Å². The Morgan fingerprint density at radius 2 is 2.17 bits per heavy atom. The number of fused-ring (bicyclic) bond motifs is 1. The molecule has 0 aliphatic carbocycles. The van der Waals surface area contributed by atoms with Crippen LogP contribution in [-0.2, 0) is 19.2 Å². The van der Waals surface area contributed by atoms with Gasteiger partial charge in [-0.25, -0.2) is 9.78 Å². The molecule has 2 aliphatic rings. The minimum atomic E-state index is -1.18. The number of aromatic nitrogens is 2. The normalized spacial score (nSPS) is 19.7. The molecule has 0 spiro atoms. The highest BCUT2D eigenvalue weighted by atomic mass is 32.2. The number of pyridine rings is 1. The van der Waals surface area contributed by atoms with Crippen molar-refractivity contribution in [3.05, 3.63) is 46.9 Å². The van der Waals surface area contributed by atoms with Crippen LogP contribution in [0.15, 0.2) is 51.2 Å². The van der Waals surface area contributed by atoms with Gasteiger partial charge < -0.3 is 21.0 Å². The number of rotatable bonds is 9. The van der Waals surface area contributed by atoms with Gasteiger partial charge >= 0.3 is 5.97 Å². The Hall–Kier alpha value is -3.30. The summed E-state index contributed by atoms with van der Waals surface area (Å²) in [7, 11) is 3.08. The van der Waals surface area contributed by atoms with Crippen LogP contribution in [0.5, 0.6) is 0 Å². The number of carbonyl (C=O) groups is 3. The van der Waals surface area contributed by atoms with Crippen molar-refractivity contribution in [1.82, 2.24) is 15.2 Å². The lowest BCUT2D eigenvalue weighted by Gasteiger charge is -2.49. The lowest BCUT2D eigenvalue weighted by Crippen LogP contribution is -2.71. The molecule has 0 bridgehead atoms. The summed E-state index contributed by atoms with van der Waals surface area (Å²) in [6.45, 7) is 0. The van der Waals surface area contributed by atoms with E-state index in [9.17, 15) is 19.5 Å². The summed E-state index contributed by atoms with van der Waals surface area (Å²) in [5.41, 5.74) is 9.32. The Morgan fingerprint density at radius 1 is 1.43 bits per heavy atom. The molecule has 5 N–H and O–H groups in total. The van der Waals surface area contributed by atoms with Gasteiger partial charge in [-0.05, 0) is 5.57 Å². The van der Waals surface area contributed by atoms with Gasteiger partial charge in [0.1, 0.15) is 29.9 Å². The fourth-order valence-electron chi connectivity index (χ4n) is 3.52. The van der Waals surface area contributed by atoms with E-state index in [0.717, 1.165) is 16.2 Å². The number of β-lactam (4-membered cyclic amide) rings is 1. The van der Waals surface area contributed by atoms with E-state index in [1.54, 1.807) is 17.1 Å². The first-order valence-electron chi connectivity index (χ1n) is 10.2. The molecular weight excluding hydrogens is 514 g/mol. The summed E-state index contributed by atoms with van der Waals surface area (Å²) in [6.07, 6.45) is 3.71. The number of aliphatic carboxylic acids is 1. The number of thiazole rings is 1. The predicted molar refractivity (Wildman–Crippen MR) is 132 cm³/mol. The second-order valence-corrected chi connectivity index (χ2v) is 10.3. The SMILES string of the molecule is CN[n+]1ccc(SCC2=C(C(=O)O)N3C(=O)[C@@H](NC(=O)/C(=N\OC)c4csc(N)n4)[C@H]3SC2)cc1. The lowest BCUT2D eigenvalue weighted by molar-refractivity contribution is -0.647. The summed E-state index contributed by atoms with van der Waals surface area (Å²) in [5.74, 6) is -1.51. The van der Waals surface area contributed by atoms with Crippen LogP contribution in [0.2, 0.25) is 0 Å². The number of nitrogens with two attached hydrogens (primary N) is 1. The molecule has 1 saturated heterocycles. The zero-order chi connectivity index (χ0) is 25.1. The van der Waals surface area contributed by atoms with Gasteiger partial charge in [0.05, 0.1) is 7.05 Å². The molecule has 2 amide bonds. The van der Waals surface area contributed by atoms with E-state index in [0.29, 0.717) is 17.1 Å². The number of amides is 2. The molecule has 15 heteroatoms. The average Bonchev–Trinajstić information content (AvgIpc) is 3.29. The molecular formula is C20H22N7O5S3+. The maximum Gasteiger partial charge on any atom is 0.352 e. The summed E-state index contributed by atoms with van der Waals surface area (Å²) in [4.78, 5) is 48.8. The van der Waals surface area contributed by atoms with Crippen LogP contribution in [0.1, 0.15) is 5.69 Å². The molecule has 0 aromatic carbocycles. The Bertz CT molecular complexity index is 1210. The van der Waals surface area contributed by atoms with Crippen molar-refractivity contribution < 1.29 is 29.0 Å². The van der Waals surface area contributed by atoms with Crippen molar-refractivity contribution >= 4 is 63.5 Å². The fraction of sp³-hybridized carbons (Fsp3) is 0.300. The Balaban J connectivity index is 1.47. The maximum atomic E-state index is 12.9. The molecule has 184 valence electrons. The van der Waals surface area contributed by atoms with Gasteiger partial charge in [0.25, 0.3) is 11.8 Å². The first kappa shape index (κ1) is 24.8. The minimum Gasteiger partial charge on any atom is -0.477 e. The molecule has 2 atom stereocenters. The second-order valence-electron chi connectivity index (χ2n) is 7.27. The number of oxime groups is 1. The number of anilines is 1. The number of nitrogens with zero attached hydrogens (tertiary/aromatic N) is 4. The Labute approximate surface area is 212 Å². The Kier molecular flexibility index (Phi) is 7.47. The van der Waals surface area contributed by atoms with Gasteiger partial charge in [-0.1, -0.05) is 9.83 Å². The highest BCUT2D eigenvalue weighted by Gasteiger charge is 2.54. The number of hydrogen-bond acceptors (Lipinski definition) is 11. The molecule has 0 saturated carbocycles. The number of nitrogens with one attached hydrogen (secondary N) is 2. The van der Waals surface area contributed by atoms with Crippen LogP contribution < -0.4 is 21.2 Å². The average molecular weight is 537 g/mol.